The zero-order chi connectivity index (χ0) is 10.4. The average molecular weight is 202 g/mol. The molecule has 0 amide bonds. The Morgan fingerprint density at radius 1 is 1.29 bits per heavy atom. The van der Waals surface area contributed by atoms with Crippen LogP contribution in [0.5, 0.6) is 0 Å². The molecule has 0 aliphatic carbocycles. The van der Waals surface area contributed by atoms with Crippen LogP contribution in [0.2, 0.25) is 0 Å². The molecule has 0 aromatic rings. The van der Waals surface area contributed by atoms with Crippen LogP contribution in [0.25, 0.3) is 0 Å². The van der Waals surface area contributed by atoms with E-state index < -0.39 is 0 Å². The van der Waals surface area contributed by atoms with E-state index >= 15 is 0 Å². The zero-order valence-corrected chi connectivity index (χ0v) is 9.28. The van der Waals surface area contributed by atoms with Crippen LogP contribution >= 0.6 is 0 Å². The number of hydrogen-bond donors (Lipinski definition) is 1. The Kier molecular flexibility index (Phi) is 5.40. The van der Waals surface area contributed by atoms with E-state index in [1.165, 1.54) is 0 Å². The third kappa shape index (κ3) is 4.37. The van der Waals surface area contributed by atoms with Crippen molar-refractivity contribution < 1.29 is 9.84 Å². The first-order valence-electron chi connectivity index (χ1n) is 5.39. The van der Waals surface area contributed by atoms with Crippen molar-refractivity contribution in [3.63, 3.8) is 0 Å². The summed E-state index contributed by atoms with van der Waals surface area (Å²) in [6.07, 6.45) is -0.335. The molecule has 1 heterocycles. The summed E-state index contributed by atoms with van der Waals surface area (Å²) in [5.41, 5.74) is 0. The number of hydrogen-bond acceptors (Lipinski definition) is 4. The number of ether oxygens (including phenoxy) is 1. The maximum absolute atomic E-state index is 9.62. The van der Waals surface area contributed by atoms with Gasteiger partial charge < -0.3 is 14.7 Å². The van der Waals surface area contributed by atoms with Crippen molar-refractivity contribution in [2.75, 3.05) is 53.0 Å². The second-order valence-electron chi connectivity index (χ2n) is 3.92. The van der Waals surface area contributed by atoms with Gasteiger partial charge in [-0.2, -0.15) is 0 Å². The normalized spacial score (nSPS) is 22.5. The molecule has 14 heavy (non-hydrogen) atoms. The number of aliphatic hydroxyl groups excluding tert-OH is 1. The number of β-amino-alcohol motifs (C(OH)–C–C–N with tert-alkyl or cyclic N) is 1. The Bertz CT molecular complexity index is 147. The van der Waals surface area contributed by atoms with Crippen molar-refractivity contribution in [1.82, 2.24) is 9.80 Å². The van der Waals surface area contributed by atoms with E-state index in [0.717, 1.165) is 32.7 Å². The van der Waals surface area contributed by atoms with Crippen molar-refractivity contribution in [2.45, 2.75) is 13.0 Å². The van der Waals surface area contributed by atoms with Gasteiger partial charge in [0.05, 0.1) is 12.7 Å². The Hall–Kier alpha value is -0.160. The number of nitrogens with zero attached hydrogens (tertiary/aromatic N) is 2. The first-order valence-corrected chi connectivity index (χ1v) is 5.39. The van der Waals surface area contributed by atoms with Crippen LogP contribution in [0.15, 0.2) is 0 Å². The predicted molar refractivity (Wildman–Crippen MR) is 56.4 cm³/mol. The van der Waals surface area contributed by atoms with Crippen molar-refractivity contribution in [2.24, 2.45) is 0 Å². The van der Waals surface area contributed by atoms with E-state index in [1.807, 2.05) is 6.92 Å². The fourth-order valence-corrected chi connectivity index (χ4v) is 1.64. The highest BCUT2D eigenvalue weighted by molar-refractivity contribution is 4.71. The first kappa shape index (κ1) is 11.9. The second-order valence-corrected chi connectivity index (χ2v) is 3.92. The Morgan fingerprint density at radius 3 is 2.50 bits per heavy atom. The second kappa shape index (κ2) is 6.35. The molecule has 0 saturated carbocycles. The van der Waals surface area contributed by atoms with E-state index in [1.54, 1.807) is 0 Å². The van der Waals surface area contributed by atoms with Crippen molar-refractivity contribution >= 4 is 0 Å². The molecule has 1 saturated heterocycles. The Balaban J connectivity index is 2.10. The molecule has 0 bridgehead atoms. The van der Waals surface area contributed by atoms with Gasteiger partial charge >= 0.3 is 0 Å². The van der Waals surface area contributed by atoms with Gasteiger partial charge in [-0.15, -0.1) is 0 Å². The van der Waals surface area contributed by atoms with E-state index in [0.29, 0.717) is 13.2 Å². The molecular weight excluding hydrogens is 180 g/mol. The summed E-state index contributed by atoms with van der Waals surface area (Å²) < 4.78 is 5.17. The third-order valence-corrected chi connectivity index (χ3v) is 2.58. The summed E-state index contributed by atoms with van der Waals surface area (Å²) in [6.45, 7) is 8.14. The summed E-state index contributed by atoms with van der Waals surface area (Å²) in [7, 11) is 2.13. The summed E-state index contributed by atoms with van der Waals surface area (Å²) in [6, 6.07) is 0. The molecule has 1 aliphatic heterocycles. The smallest absolute Gasteiger partial charge is 0.0900 e. The maximum atomic E-state index is 9.62. The van der Waals surface area contributed by atoms with Crippen LogP contribution < -0.4 is 0 Å². The highest BCUT2D eigenvalue weighted by Gasteiger charge is 2.16. The van der Waals surface area contributed by atoms with Gasteiger partial charge in [0, 0.05) is 39.3 Å². The summed E-state index contributed by atoms with van der Waals surface area (Å²) in [5.74, 6) is 0. The van der Waals surface area contributed by atoms with Gasteiger partial charge in [0.2, 0.25) is 0 Å². The maximum Gasteiger partial charge on any atom is 0.0900 e. The molecule has 0 spiro atoms. The molecule has 0 radical (unpaired) electrons. The largest absolute Gasteiger partial charge is 0.389 e. The zero-order valence-electron chi connectivity index (χ0n) is 9.28. The SMILES string of the molecule is CCOC[C@H](O)CN1CCN(C)CC1. The number of likely N-dealkylation sites (N-methyl/N-ethyl adjacent to an activating group) is 1. The molecule has 1 fully saturated rings. The van der Waals surface area contributed by atoms with Gasteiger partial charge in [0.15, 0.2) is 0 Å². The summed E-state index contributed by atoms with van der Waals surface area (Å²) in [4.78, 5) is 4.61. The Labute approximate surface area is 86.4 Å². The highest BCUT2D eigenvalue weighted by atomic mass is 16.5. The van der Waals surface area contributed by atoms with Gasteiger partial charge in [-0.1, -0.05) is 0 Å². The lowest BCUT2D eigenvalue weighted by molar-refractivity contribution is 0.0127. The van der Waals surface area contributed by atoms with Crippen LogP contribution in [0.4, 0.5) is 0 Å². The van der Waals surface area contributed by atoms with Crippen LogP contribution in [0, 0.1) is 0 Å². The lowest BCUT2D eigenvalue weighted by Gasteiger charge is -2.33. The van der Waals surface area contributed by atoms with E-state index in [4.69, 9.17) is 4.74 Å². The lowest BCUT2D eigenvalue weighted by atomic mass is 10.3. The number of piperazine rings is 1. The summed E-state index contributed by atoms with van der Waals surface area (Å²) in [5, 5.41) is 9.62. The molecule has 1 N–H and O–H groups in total. The molecule has 0 unspecified atom stereocenters. The summed E-state index contributed by atoms with van der Waals surface area (Å²) >= 11 is 0. The lowest BCUT2D eigenvalue weighted by Crippen LogP contribution is -2.47. The number of aliphatic hydroxyl groups is 1. The fourth-order valence-electron chi connectivity index (χ4n) is 1.64. The molecule has 1 rings (SSSR count). The van der Waals surface area contributed by atoms with E-state index in [9.17, 15) is 5.11 Å². The monoisotopic (exact) mass is 202 g/mol. The van der Waals surface area contributed by atoms with Gasteiger partial charge in [0.1, 0.15) is 0 Å². The van der Waals surface area contributed by atoms with Crippen LogP contribution in [-0.4, -0.2) is 74.0 Å². The molecule has 4 heteroatoms. The minimum Gasteiger partial charge on any atom is -0.389 e. The first-order chi connectivity index (χ1) is 6.72. The molecule has 0 aromatic carbocycles. The molecule has 84 valence electrons. The molecular formula is C10H22N2O2. The average Bonchev–Trinajstić information content (AvgIpc) is 2.18. The van der Waals surface area contributed by atoms with Crippen molar-refractivity contribution in [1.29, 1.82) is 0 Å². The minimum atomic E-state index is -0.335. The van der Waals surface area contributed by atoms with E-state index in [-0.39, 0.29) is 6.10 Å². The van der Waals surface area contributed by atoms with Crippen LogP contribution in [0.3, 0.4) is 0 Å². The van der Waals surface area contributed by atoms with Crippen LogP contribution in [0.1, 0.15) is 6.92 Å². The highest BCUT2D eigenvalue weighted by Crippen LogP contribution is 2.00. The van der Waals surface area contributed by atoms with Crippen molar-refractivity contribution in [3.8, 4) is 0 Å². The van der Waals surface area contributed by atoms with Gasteiger partial charge in [-0.25, -0.2) is 0 Å². The standard InChI is InChI=1S/C10H22N2O2/c1-3-14-9-10(13)8-12-6-4-11(2)5-7-12/h10,13H,3-9H2,1-2H3/t10-/m1/s1. The van der Waals surface area contributed by atoms with Gasteiger partial charge in [-0.05, 0) is 14.0 Å². The molecule has 0 aromatic heterocycles. The molecule has 1 aliphatic rings. The quantitative estimate of drug-likeness (QED) is 0.660. The topological polar surface area (TPSA) is 35.9 Å². The third-order valence-electron chi connectivity index (χ3n) is 2.58. The minimum absolute atomic E-state index is 0.335. The van der Waals surface area contributed by atoms with E-state index in [2.05, 4.69) is 16.8 Å². The van der Waals surface area contributed by atoms with Crippen molar-refractivity contribution in [3.05, 3.63) is 0 Å². The Morgan fingerprint density at radius 2 is 1.93 bits per heavy atom. The number of rotatable bonds is 5. The van der Waals surface area contributed by atoms with Gasteiger partial charge in [-0.3, -0.25) is 4.90 Å². The fraction of sp³-hybridized carbons (Fsp3) is 1.00. The van der Waals surface area contributed by atoms with Crippen LogP contribution in [-0.2, 0) is 4.74 Å². The van der Waals surface area contributed by atoms with Gasteiger partial charge in [0.25, 0.3) is 0 Å². The molecule has 4 nitrogen and oxygen atoms in total. The molecule has 1 atom stereocenters. The predicted octanol–water partition coefficient (Wildman–Crippen LogP) is -0.369.